The maximum absolute atomic E-state index is 12.5. The zero-order valence-corrected chi connectivity index (χ0v) is 12.1. The predicted molar refractivity (Wildman–Crippen MR) is 71.6 cm³/mol. The molecule has 108 valence electrons. The highest BCUT2D eigenvalue weighted by atomic mass is 16.5. The first kappa shape index (κ1) is 14.3. The summed E-state index contributed by atoms with van der Waals surface area (Å²) in [5, 5.41) is 2.85. The molecule has 1 saturated carbocycles. The highest BCUT2D eigenvalue weighted by Gasteiger charge is 2.50. The maximum Gasteiger partial charge on any atom is 0.248 e. The number of nitrogens with one attached hydrogen (secondary N) is 1. The molecule has 0 radical (unpaired) electrons. The van der Waals surface area contributed by atoms with E-state index in [0.29, 0.717) is 19.1 Å². The topological polar surface area (TPSA) is 58.6 Å². The van der Waals surface area contributed by atoms with Gasteiger partial charge >= 0.3 is 0 Å². The molecule has 1 atom stereocenters. The van der Waals surface area contributed by atoms with Gasteiger partial charge in [-0.3, -0.25) is 9.59 Å². The average Bonchev–Trinajstić information content (AvgIpc) is 3.14. The van der Waals surface area contributed by atoms with Crippen molar-refractivity contribution in [2.45, 2.75) is 51.1 Å². The van der Waals surface area contributed by atoms with Crippen LogP contribution < -0.4 is 5.32 Å². The summed E-state index contributed by atoms with van der Waals surface area (Å²) in [6.45, 7) is 4.91. The van der Waals surface area contributed by atoms with Crippen LogP contribution >= 0.6 is 0 Å². The van der Waals surface area contributed by atoms with Gasteiger partial charge in [-0.1, -0.05) is 0 Å². The minimum absolute atomic E-state index is 0.0128. The van der Waals surface area contributed by atoms with Crippen LogP contribution in [-0.2, 0) is 14.3 Å². The highest BCUT2D eigenvalue weighted by molar-refractivity contribution is 5.99. The second kappa shape index (κ2) is 5.49. The van der Waals surface area contributed by atoms with Crippen molar-refractivity contribution in [1.29, 1.82) is 0 Å². The Morgan fingerprint density at radius 2 is 2.00 bits per heavy atom. The Bertz CT molecular complexity index is 364. The maximum atomic E-state index is 12.5. The smallest absolute Gasteiger partial charge is 0.248 e. The molecule has 1 heterocycles. The second-order valence-electron chi connectivity index (χ2n) is 6.09. The van der Waals surface area contributed by atoms with Gasteiger partial charge in [0.1, 0.15) is 11.6 Å². The first-order valence-electron chi connectivity index (χ1n) is 7.09. The standard InChI is InChI=1S/C14H24N2O3/c1-14(2)13(18)16(8-4-5-9-19-3)11(10-6-7-10)12(17)15-14/h10-11H,4-9H2,1-3H3,(H,15,17). The monoisotopic (exact) mass is 268 g/mol. The zero-order chi connectivity index (χ0) is 14.0. The number of methoxy groups -OCH3 is 1. The van der Waals surface area contributed by atoms with Crippen LogP contribution in [0, 0.1) is 5.92 Å². The van der Waals surface area contributed by atoms with E-state index in [1.807, 2.05) is 0 Å². The molecule has 0 aromatic rings. The lowest BCUT2D eigenvalue weighted by molar-refractivity contribution is -0.154. The van der Waals surface area contributed by atoms with Crippen molar-refractivity contribution in [3.8, 4) is 0 Å². The summed E-state index contributed by atoms with van der Waals surface area (Å²) in [6.07, 6.45) is 3.91. The average molecular weight is 268 g/mol. The summed E-state index contributed by atoms with van der Waals surface area (Å²) in [7, 11) is 1.68. The molecule has 0 bridgehead atoms. The van der Waals surface area contributed by atoms with E-state index in [1.165, 1.54) is 0 Å². The molecule has 5 heteroatoms. The lowest BCUT2D eigenvalue weighted by Gasteiger charge is -2.43. The van der Waals surface area contributed by atoms with E-state index in [4.69, 9.17) is 4.74 Å². The molecule has 2 amide bonds. The molecule has 5 nitrogen and oxygen atoms in total. The Kier molecular flexibility index (Phi) is 4.13. The quantitative estimate of drug-likeness (QED) is 0.729. The summed E-state index contributed by atoms with van der Waals surface area (Å²) in [5.41, 5.74) is -0.774. The van der Waals surface area contributed by atoms with Crippen LogP contribution in [0.5, 0.6) is 0 Å². The predicted octanol–water partition coefficient (Wildman–Crippen LogP) is 0.929. The van der Waals surface area contributed by atoms with Gasteiger partial charge in [0.15, 0.2) is 0 Å². The van der Waals surface area contributed by atoms with Gasteiger partial charge in [-0.15, -0.1) is 0 Å². The summed E-state index contributed by atoms with van der Waals surface area (Å²) in [5.74, 6) is 0.419. The first-order chi connectivity index (χ1) is 8.97. The third kappa shape index (κ3) is 3.08. The van der Waals surface area contributed by atoms with Crippen molar-refractivity contribution < 1.29 is 14.3 Å². The molecule has 0 aromatic carbocycles. The number of unbranched alkanes of at least 4 members (excludes halogenated alkanes) is 1. The van der Waals surface area contributed by atoms with Gasteiger partial charge in [0.25, 0.3) is 0 Å². The minimum atomic E-state index is -0.774. The van der Waals surface area contributed by atoms with Gasteiger partial charge in [-0.05, 0) is 45.4 Å². The van der Waals surface area contributed by atoms with Crippen LogP contribution in [0.15, 0.2) is 0 Å². The van der Waals surface area contributed by atoms with Crippen molar-refractivity contribution in [2.24, 2.45) is 5.92 Å². The molecule has 19 heavy (non-hydrogen) atoms. The van der Waals surface area contributed by atoms with E-state index in [2.05, 4.69) is 5.32 Å². The third-order valence-corrected chi connectivity index (χ3v) is 3.90. The molecule has 1 N–H and O–H groups in total. The Hall–Kier alpha value is -1.10. The summed E-state index contributed by atoms with van der Waals surface area (Å²) in [6, 6.07) is -0.247. The first-order valence-corrected chi connectivity index (χ1v) is 7.09. The number of carbonyl (C=O) groups excluding carboxylic acids is 2. The molecule has 2 fully saturated rings. The lowest BCUT2D eigenvalue weighted by atomic mass is 9.94. The molecular weight excluding hydrogens is 244 g/mol. The molecule has 0 spiro atoms. The minimum Gasteiger partial charge on any atom is -0.385 e. The van der Waals surface area contributed by atoms with Crippen LogP contribution in [0.25, 0.3) is 0 Å². The fourth-order valence-corrected chi connectivity index (χ4v) is 2.71. The third-order valence-electron chi connectivity index (χ3n) is 3.90. The number of carbonyl (C=O) groups is 2. The normalized spacial score (nSPS) is 26.5. The Morgan fingerprint density at radius 3 is 2.58 bits per heavy atom. The molecular formula is C14H24N2O3. The molecule has 1 saturated heterocycles. The number of ether oxygens (including phenoxy) is 1. The van der Waals surface area contributed by atoms with Crippen LogP contribution in [-0.4, -0.2) is 48.6 Å². The van der Waals surface area contributed by atoms with Crippen molar-refractivity contribution in [3.63, 3.8) is 0 Å². The lowest BCUT2D eigenvalue weighted by Crippen LogP contribution is -2.68. The molecule has 1 aliphatic heterocycles. The van der Waals surface area contributed by atoms with E-state index in [-0.39, 0.29) is 17.9 Å². The molecule has 1 aliphatic carbocycles. The summed E-state index contributed by atoms with van der Waals surface area (Å²) < 4.78 is 5.02. The Labute approximate surface area is 114 Å². The summed E-state index contributed by atoms with van der Waals surface area (Å²) in [4.78, 5) is 26.5. The van der Waals surface area contributed by atoms with Gasteiger partial charge in [0.05, 0.1) is 0 Å². The fraction of sp³-hybridized carbons (Fsp3) is 0.857. The van der Waals surface area contributed by atoms with Gasteiger partial charge in [-0.2, -0.15) is 0 Å². The second-order valence-corrected chi connectivity index (χ2v) is 6.09. The molecule has 1 unspecified atom stereocenters. The molecule has 2 rings (SSSR count). The SMILES string of the molecule is COCCCCN1C(=O)C(C)(C)NC(=O)C1C1CC1. The number of piperazine rings is 1. The van der Waals surface area contributed by atoms with Crippen LogP contribution in [0.1, 0.15) is 39.5 Å². The fourth-order valence-electron chi connectivity index (χ4n) is 2.71. The highest BCUT2D eigenvalue weighted by Crippen LogP contribution is 2.38. The zero-order valence-electron chi connectivity index (χ0n) is 12.1. The summed E-state index contributed by atoms with van der Waals surface area (Å²) >= 11 is 0. The number of hydrogen-bond acceptors (Lipinski definition) is 3. The van der Waals surface area contributed by atoms with Crippen LogP contribution in [0.2, 0.25) is 0 Å². The van der Waals surface area contributed by atoms with Gasteiger partial charge in [-0.25, -0.2) is 0 Å². The molecule has 2 aliphatic rings. The Balaban J connectivity index is 2.04. The van der Waals surface area contributed by atoms with E-state index < -0.39 is 5.54 Å². The largest absolute Gasteiger partial charge is 0.385 e. The number of rotatable bonds is 6. The Morgan fingerprint density at radius 1 is 1.32 bits per heavy atom. The van der Waals surface area contributed by atoms with E-state index in [1.54, 1.807) is 25.9 Å². The van der Waals surface area contributed by atoms with Gasteiger partial charge in [0.2, 0.25) is 11.8 Å². The van der Waals surface area contributed by atoms with Crippen LogP contribution in [0.4, 0.5) is 0 Å². The van der Waals surface area contributed by atoms with E-state index in [0.717, 1.165) is 25.7 Å². The van der Waals surface area contributed by atoms with E-state index >= 15 is 0 Å². The van der Waals surface area contributed by atoms with Crippen molar-refractivity contribution in [3.05, 3.63) is 0 Å². The van der Waals surface area contributed by atoms with Crippen molar-refractivity contribution in [2.75, 3.05) is 20.3 Å². The number of hydrogen-bond donors (Lipinski definition) is 1. The van der Waals surface area contributed by atoms with E-state index in [9.17, 15) is 9.59 Å². The number of amides is 2. The molecule has 0 aromatic heterocycles. The van der Waals surface area contributed by atoms with Crippen molar-refractivity contribution >= 4 is 11.8 Å². The van der Waals surface area contributed by atoms with Gasteiger partial charge < -0.3 is 15.0 Å². The van der Waals surface area contributed by atoms with Gasteiger partial charge in [0, 0.05) is 20.3 Å². The van der Waals surface area contributed by atoms with Crippen molar-refractivity contribution in [1.82, 2.24) is 10.2 Å². The number of nitrogens with zero attached hydrogens (tertiary/aromatic N) is 1. The van der Waals surface area contributed by atoms with Crippen LogP contribution in [0.3, 0.4) is 0 Å².